The van der Waals surface area contributed by atoms with Gasteiger partial charge in [-0.05, 0) is 0 Å². The second-order valence-corrected chi connectivity index (χ2v) is 5.53. The summed E-state index contributed by atoms with van der Waals surface area (Å²) in [6, 6.07) is 0. The molecule has 78 valence electrons. The molecule has 1 N–H and O–H groups in total. The summed E-state index contributed by atoms with van der Waals surface area (Å²) in [5, 5.41) is 2.84. The van der Waals surface area contributed by atoms with Gasteiger partial charge >= 0.3 is 7.67 Å². The molecule has 0 aromatic rings. The van der Waals surface area contributed by atoms with Crippen molar-refractivity contribution in [2.45, 2.75) is 0 Å². The number of nitrogens with zero attached hydrogens (tertiary/aromatic N) is 1. The highest BCUT2D eigenvalue weighted by Gasteiger charge is 2.34. The molecule has 0 bridgehead atoms. The molecule has 1 fully saturated rings. The Morgan fingerprint density at radius 3 is 2.38 bits per heavy atom. The van der Waals surface area contributed by atoms with Crippen LogP contribution in [0.5, 0.6) is 0 Å². The number of rotatable bonds is 5. The Hall–Kier alpha value is 0.690. The summed E-state index contributed by atoms with van der Waals surface area (Å²) >= 11 is 11.2. The molecule has 13 heavy (non-hydrogen) atoms. The van der Waals surface area contributed by atoms with Crippen LogP contribution < -0.4 is 5.09 Å². The maximum Gasteiger partial charge on any atom is 0.343 e. The van der Waals surface area contributed by atoms with Crippen LogP contribution in [-0.2, 0) is 9.09 Å². The quantitative estimate of drug-likeness (QED) is 0.590. The molecule has 7 heteroatoms. The van der Waals surface area contributed by atoms with Gasteiger partial charge in [0.2, 0.25) is 0 Å². The summed E-state index contributed by atoms with van der Waals surface area (Å²) in [5.74, 6) is 0.845. The SMILES string of the molecule is O=P1(N(CCCl)CCCl)NCCO1. The van der Waals surface area contributed by atoms with Crippen molar-refractivity contribution in [1.29, 1.82) is 0 Å². The monoisotopic (exact) mass is 246 g/mol. The maximum absolute atomic E-state index is 12.0. The zero-order valence-corrected chi connectivity index (χ0v) is 9.62. The number of alkyl halides is 2. The van der Waals surface area contributed by atoms with Crippen molar-refractivity contribution >= 4 is 30.9 Å². The van der Waals surface area contributed by atoms with Crippen LogP contribution in [0.2, 0.25) is 0 Å². The minimum absolute atomic E-state index is 0.423. The first-order chi connectivity index (χ1) is 6.23. The molecular formula is C6H13Cl2N2O2P. The van der Waals surface area contributed by atoms with Gasteiger partial charge in [0.15, 0.2) is 0 Å². The van der Waals surface area contributed by atoms with Gasteiger partial charge < -0.3 is 4.52 Å². The van der Waals surface area contributed by atoms with Gasteiger partial charge in [-0.3, -0.25) is 4.57 Å². The summed E-state index contributed by atoms with van der Waals surface area (Å²) in [6.45, 7) is 2.16. The molecule has 1 saturated heterocycles. The van der Waals surface area contributed by atoms with E-state index in [0.717, 1.165) is 0 Å². The fourth-order valence-corrected chi connectivity index (χ4v) is 3.69. The van der Waals surface area contributed by atoms with E-state index >= 15 is 0 Å². The number of hydrogen-bond acceptors (Lipinski definition) is 2. The van der Waals surface area contributed by atoms with Gasteiger partial charge in [0.05, 0.1) is 6.61 Å². The molecule has 0 spiro atoms. The van der Waals surface area contributed by atoms with Crippen molar-refractivity contribution in [3.8, 4) is 0 Å². The van der Waals surface area contributed by atoms with Crippen molar-refractivity contribution in [1.82, 2.24) is 9.76 Å². The first-order valence-electron chi connectivity index (χ1n) is 4.10. The topological polar surface area (TPSA) is 41.6 Å². The Morgan fingerprint density at radius 1 is 1.38 bits per heavy atom. The molecule has 1 heterocycles. The van der Waals surface area contributed by atoms with Gasteiger partial charge in [0, 0.05) is 31.4 Å². The molecule has 0 saturated carbocycles. The van der Waals surface area contributed by atoms with Crippen molar-refractivity contribution < 1.29 is 9.09 Å². The zero-order chi connectivity index (χ0) is 9.73. The summed E-state index contributed by atoms with van der Waals surface area (Å²) < 4.78 is 18.8. The van der Waals surface area contributed by atoms with E-state index in [4.69, 9.17) is 27.7 Å². The van der Waals surface area contributed by atoms with E-state index in [2.05, 4.69) is 5.09 Å². The second-order valence-electron chi connectivity index (χ2n) is 2.59. The third-order valence-corrected chi connectivity index (χ3v) is 4.38. The third-order valence-electron chi connectivity index (χ3n) is 1.74. The lowest BCUT2D eigenvalue weighted by molar-refractivity contribution is 0.303. The molecule has 1 unspecified atom stereocenters. The van der Waals surface area contributed by atoms with Crippen molar-refractivity contribution in [3.05, 3.63) is 0 Å². The van der Waals surface area contributed by atoms with Gasteiger partial charge in [-0.1, -0.05) is 0 Å². The van der Waals surface area contributed by atoms with E-state index in [1.807, 2.05) is 0 Å². The predicted molar refractivity (Wildman–Crippen MR) is 54.6 cm³/mol. The Morgan fingerprint density at radius 2 is 2.00 bits per heavy atom. The van der Waals surface area contributed by atoms with Gasteiger partial charge in [0.25, 0.3) is 0 Å². The minimum atomic E-state index is -2.80. The predicted octanol–water partition coefficient (Wildman–Crippen LogP) is 1.49. The maximum atomic E-state index is 12.0. The molecule has 1 rings (SSSR count). The fourth-order valence-electron chi connectivity index (χ4n) is 1.15. The Kier molecular flexibility index (Phi) is 5.01. The highest BCUT2D eigenvalue weighted by atomic mass is 35.5. The summed E-state index contributed by atoms with van der Waals surface area (Å²) in [7, 11) is -2.80. The number of nitrogens with one attached hydrogen (secondary N) is 1. The molecule has 0 aromatic carbocycles. The van der Waals surface area contributed by atoms with E-state index in [0.29, 0.717) is 38.0 Å². The largest absolute Gasteiger partial charge is 0.343 e. The van der Waals surface area contributed by atoms with Gasteiger partial charge in [-0.15, -0.1) is 23.2 Å². The van der Waals surface area contributed by atoms with Crippen LogP contribution in [0.4, 0.5) is 0 Å². The lowest BCUT2D eigenvalue weighted by Crippen LogP contribution is -2.29. The minimum Gasteiger partial charge on any atom is -0.305 e. The van der Waals surface area contributed by atoms with E-state index in [1.165, 1.54) is 0 Å². The molecule has 1 atom stereocenters. The lowest BCUT2D eigenvalue weighted by atomic mass is 10.6. The van der Waals surface area contributed by atoms with Gasteiger partial charge in [0.1, 0.15) is 0 Å². The number of halogens is 2. The van der Waals surface area contributed by atoms with Crippen LogP contribution in [-0.4, -0.2) is 42.7 Å². The molecule has 1 aliphatic heterocycles. The molecule has 1 aliphatic rings. The molecule has 0 radical (unpaired) electrons. The lowest BCUT2D eigenvalue weighted by Gasteiger charge is -2.25. The molecule has 0 amide bonds. The number of hydrogen-bond donors (Lipinski definition) is 1. The standard InChI is InChI=1S/C6H13Cl2N2O2P/c7-1-4-10(5-2-8)13(11)9-3-6-12-13/h1-6H2,(H,9,11). The second kappa shape index (κ2) is 5.54. The van der Waals surface area contributed by atoms with E-state index in [-0.39, 0.29) is 0 Å². The fraction of sp³-hybridized carbons (Fsp3) is 1.00. The summed E-state index contributed by atoms with van der Waals surface area (Å²) in [6.07, 6.45) is 0. The molecule has 4 nitrogen and oxygen atoms in total. The zero-order valence-electron chi connectivity index (χ0n) is 7.21. The normalized spacial score (nSPS) is 28.5. The van der Waals surface area contributed by atoms with Gasteiger partial charge in [-0.2, -0.15) is 0 Å². The third kappa shape index (κ3) is 3.08. The molecule has 0 aliphatic carbocycles. The average Bonchev–Trinajstić information content (AvgIpc) is 2.53. The molecule has 0 aromatic heterocycles. The van der Waals surface area contributed by atoms with Gasteiger partial charge in [-0.25, -0.2) is 9.76 Å². The van der Waals surface area contributed by atoms with E-state index < -0.39 is 7.67 Å². The Labute approximate surface area is 88.1 Å². The average molecular weight is 247 g/mol. The van der Waals surface area contributed by atoms with Crippen LogP contribution >= 0.6 is 30.9 Å². The summed E-state index contributed by atoms with van der Waals surface area (Å²) in [5.41, 5.74) is 0. The van der Waals surface area contributed by atoms with Crippen molar-refractivity contribution in [3.63, 3.8) is 0 Å². The first kappa shape index (κ1) is 11.8. The highest BCUT2D eigenvalue weighted by molar-refractivity contribution is 7.54. The van der Waals surface area contributed by atoms with Crippen molar-refractivity contribution in [2.75, 3.05) is 38.0 Å². The van der Waals surface area contributed by atoms with Crippen LogP contribution in [0.3, 0.4) is 0 Å². The highest BCUT2D eigenvalue weighted by Crippen LogP contribution is 2.48. The van der Waals surface area contributed by atoms with Crippen LogP contribution in [0.25, 0.3) is 0 Å². The van der Waals surface area contributed by atoms with Crippen LogP contribution in [0.15, 0.2) is 0 Å². The first-order valence-corrected chi connectivity index (χ1v) is 6.74. The van der Waals surface area contributed by atoms with E-state index in [9.17, 15) is 4.57 Å². The Balaban J connectivity index is 2.56. The van der Waals surface area contributed by atoms with Crippen LogP contribution in [0, 0.1) is 0 Å². The van der Waals surface area contributed by atoms with E-state index in [1.54, 1.807) is 4.67 Å². The van der Waals surface area contributed by atoms with Crippen LogP contribution in [0.1, 0.15) is 0 Å². The van der Waals surface area contributed by atoms with Crippen molar-refractivity contribution in [2.24, 2.45) is 0 Å². The Bertz CT molecular complexity index is 189. The smallest absolute Gasteiger partial charge is 0.305 e. The molecular weight excluding hydrogens is 234 g/mol. The summed E-state index contributed by atoms with van der Waals surface area (Å²) in [4.78, 5) is 0.